The topological polar surface area (TPSA) is 48.9 Å². The van der Waals surface area contributed by atoms with Crippen LogP contribution in [-0.2, 0) is 6.61 Å². The lowest BCUT2D eigenvalue weighted by Crippen LogP contribution is -1.87. The molecule has 1 heterocycles. The molecule has 0 unspecified atom stereocenters. The van der Waals surface area contributed by atoms with Crippen molar-refractivity contribution in [3.05, 3.63) is 42.0 Å². The molecule has 4 heteroatoms. The average Bonchev–Trinajstić information content (AvgIpc) is 2.65. The van der Waals surface area contributed by atoms with Crippen LogP contribution in [0.2, 0.25) is 0 Å². The van der Waals surface area contributed by atoms with Crippen LogP contribution in [0, 0.1) is 5.82 Å². The smallest absolute Gasteiger partial charge is 0.123 e. The van der Waals surface area contributed by atoms with Gasteiger partial charge in [0.1, 0.15) is 5.82 Å². The molecule has 0 saturated heterocycles. The van der Waals surface area contributed by atoms with Crippen molar-refractivity contribution in [1.82, 2.24) is 10.2 Å². The van der Waals surface area contributed by atoms with Crippen molar-refractivity contribution in [3.63, 3.8) is 0 Å². The number of hydrogen-bond acceptors (Lipinski definition) is 2. The van der Waals surface area contributed by atoms with Crippen molar-refractivity contribution in [2.24, 2.45) is 0 Å². The lowest BCUT2D eigenvalue weighted by atomic mass is 10.1. The number of benzene rings is 1. The number of nitrogens with one attached hydrogen (secondary N) is 1. The summed E-state index contributed by atoms with van der Waals surface area (Å²) in [6, 6.07) is 6.18. The van der Waals surface area contributed by atoms with E-state index in [-0.39, 0.29) is 12.4 Å². The molecular weight excluding hydrogens is 183 g/mol. The van der Waals surface area contributed by atoms with Crippen LogP contribution in [0.25, 0.3) is 11.1 Å². The van der Waals surface area contributed by atoms with E-state index >= 15 is 0 Å². The standard InChI is InChI=1S/C10H9FN2O/c11-8-3-1-2-7(4-8)9-5-12-13-10(9)6-14/h1-5,14H,6H2,(H,12,13). The first-order valence-electron chi connectivity index (χ1n) is 4.20. The maximum Gasteiger partial charge on any atom is 0.123 e. The highest BCUT2D eigenvalue weighted by Crippen LogP contribution is 2.22. The molecule has 3 nitrogen and oxygen atoms in total. The third-order valence-electron chi connectivity index (χ3n) is 2.01. The van der Waals surface area contributed by atoms with Gasteiger partial charge in [0.25, 0.3) is 0 Å². The van der Waals surface area contributed by atoms with Crippen LogP contribution in [0.1, 0.15) is 5.69 Å². The summed E-state index contributed by atoms with van der Waals surface area (Å²) in [6.45, 7) is -0.133. The third kappa shape index (κ3) is 1.52. The van der Waals surface area contributed by atoms with Crippen LogP contribution in [0.3, 0.4) is 0 Å². The van der Waals surface area contributed by atoms with Gasteiger partial charge in [0, 0.05) is 5.56 Å². The first-order chi connectivity index (χ1) is 6.81. The largest absolute Gasteiger partial charge is 0.390 e. The van der Waals surface area contributed by atoms with E-state index in [9.17, 15) is 4.39 Å². The van der Waals surface area contributed by atoms with Crippen molar-refractivity contribution in [2.45, 2.75) is 6.61 Å². The minimum Gasteiger partial charge on any atom is -0.390 e. The van der Waals surface area contributed by atoms with Crippen LogP contribution < -0.4 is 0 Å². The van der Waals surface area contributed by atoms with E-state index in [1.807, 2.05) is 0 Å². The summed E-state index contributed by atoms with van der Waals surface area (Å²) in [4.78, 5) is 0. The molecule has 0 atom stereocenters. The number of aromatic amines is 1. The second kappa shape index (κ2) is 3.59. The van der Waals surface area contributed by atoms with Gasteiger partial charge in [-0.05, 0) is 17.7 Å². The Balaban J connectivity index is 2.49. The van der Waals surface area contributed by atoms with Crippen LogP contribution >= 0.6 is 0 Å². The van der Waals surface area contributed by atoms with Gasteiger partial charge >= 0.3 is 0 Å². The number of aliphatic hydroxyl groups is 1. The Morgan fingerprint density at radius 2 is 2.29 bits per heavy atom. The fourth-order valence-electron chi connectivity index (χ4n) is 1.34. The predicted octanol–water partition coefficient (Wildman–Crippen LogP) is 1.71. The lowest BCUT2D eigenvalue weighted by Gasteiger charge is -1.99. The van der Waals surface area contributed by atoms with Gasteiger partial charge < -0.3 is 5.11 Å². The van der Waals surface area contributed by atoms with E-state index < -0.39 is 0 Å². The van der Waals surface area contributed by atoms with E-state index in [1.165, 1.54) is 12.1 Å². The first kappa shape index (κ1) is 8.90. The molecule has 0 radical (unpaired) electrons. The Kier molecular flexibility index (Phi) is 2.28. The highest BCUT2D eigenvalue weighted by molar-refractivity contribution is 5.64. The first-order valence-corrected chi connectivity index (χ1v) is 4.20. The predicted molar refractivity (Wildman–Crippen MR) is 49.9 cm³/mol. The molecule has 0 aliphatic heterocycles. The quantitative estimate of drug-likeness (QED) is 0.760. The number of H-pyrrole nitrogens is 1. The molecule has 1 aromatic carbocycles. The molecule has 2 rings (SSSR count). The van der Waals surface area contributed by atoms with Gasteiger partial charge in [-0.1, -0.05) is 12.1 Å². The maximum absolute atomic E-state index is 12.9. The highest BCUT2D eigenvalue weighted by Gasteiger charge is 2.06. The average molecular weight is 192 g/mol. The number of rotatable bonds is 2. The van der Waals surface area contributed by atoms with Crippen LogP contribution in [0.5, 0.6) is 0 Å². The van der Waals surface area contributed by atoms with Crippen LogP contribution in [0.15, 0.2) is 30.5 Å². The number of aromatic nitrogens is 2. The minimum absolute atomic E-state index is 0.133. The molecule has 0 bridgehead atoms. The van der Waals surface area contributed by atoms with E-state index in [4.69, 9.17) is 5.11 Å². The summed E-state index contributed by atoms with van der Waals surface area (Å²) in [6.07, 6.45) is 1.57. The lowest BCUT2D eigenvalue weighted by molar-refractivity contribution is 0.277. The Bertz CT molecular complexity index is 439. The van der Waals surface area contributed by atoms with Gasteiger partial charge in [0.15, 0.2) is 0 Å². The van der Waals surface area contributed by atoms with Crippen molar-refractivity contribution in [1.29, 1.82) is 0 Å². The summed E-state index contributed by atoms with van der Waals surface area (Å²) >= 11 is 0. The highest BCUT2D eigenvalue weighted by atomic mass is 19.1. The Morgan fingerprint density at radius 3 is 3.00 bits per heavy atom. The van der Waals surface area contributed by atoms with E-state index in [2.05, 4.69) is 10.2 Å². The Hall–Kier alpha value is -1.68. The van der Waals surface area contributed by atoms with Gasteiger partial charge in [0.05, 0.1) is 18.5 Å². The number of halogens is 1. The van der Waals surface area contributed by atoms with Gasteiger partial charge in [-0.15, -0.1) is 0 Å². The van der Waals surface area contributed by atoms with E-state index in [0.717, 1.165) is 5.56 Å². The van der Waals surface area contributed by atoms with Crippen molar-refractivity contribution in [3.8, 4) is 11.1 Å². The summed E-state index contributed by atoms with van der Waals surface area (Å²) in [5.41, 5.74) is 2.03. The maximum atomic E-state index is 12.9. The van der Waals surface area contributed by atoms with Gasteiger partial charge in [0.2, 0.25) is 0 Å². The zero-order chi connectivity index (χ0) is 9.97. The summed E-state index contributed by atoms with van der Waals surface area (Å²) in [5.74, 6) is -0.299. The van der Waals surface area contributed by atoms with Crippen LogP contribution in [-0.4, -0.2) is 15.3 Å². The normalized spacial score (nSPS) is 10.4. The molecule has 1 aromatic heterocycles. The summed E-state index contributed by atoms with van der Waals surface area (Å²) < 4.78 is 12.9. The second-order valence-electron chi connectivity index (χ2n) is 2.93. The fraction of sp³-hybridized carbons (Fsp3) is 0.100. The van der Waals surface area contributed by atoms with Gasteiger partial charge in [-0.3, -0.25) is 5.10 Å². The molecule has 2 aromatic rings. The van der Waals surface area contributed by atoms with Crippen LogP contribution in [0.4, 0.5) is 4.39 Å². The number of hydrogen-bond donors (Lipinski definition) is 2. The fourth-order valence-corrected chi connectivity index (χ4v) is 1.34. The van der Waals surface area contributed by atoms with Gasteiger partial charge in [-0.25, -0.2) is 4.39 Å². The zero-order valence-corrected chi connectivity index (χ0v) is 7.37. The molecule has 72 valence electrons. The molecule has 0 amide bonds. The van der Waals surface area contributed by atoms with E-state index in [0.29, 0.717) is 11.3 Å². The van der Waals surface area contributed by atoms with E-state index in [1.54, 1.807) is 18.3 Å². The molecule has 0 aliphatic carbocycles. The number of nitrogens with zero attached hydrogens (tertiary/aromatic N) is 1. The second-order valence-corrected chi connectivity index (χ2v) is 2.93. The minimum atomic E-state index is -0.299. The van der Waals surface area contributed by atoms with Gasteiger partial charge in [-0.2, -0.15) is 5.10 Å². The zero-order valence-electron chi connectivity index (χ0n) is 7.37. The summed E-state index contributed by atoms with van der Waals surface area (Å²) in [7, 11) is 0. The number of aliphatic hydroxyl groups excluding tert-OH is 1. The monoisotopic (exact) mass is 192 g/mol. The molecule has 0 saturated carbocycles. The third-order valence-corrected chi connectivity index (χ3v) is 2.01. The molecular formula is C10H9FN2O. The van der Waals surface area contributed by atoms with Crippen molar-refractivity contribution < 1.29 is 9.50 Å². The molecule has 2 N–H and O–H groups in total. The Morgan fingerprint density at radius 1 is 1.43 bits per heavy atom. The molecule has 0 fully saturated rings. The Labute approximate surface area is 80.2 Å². The summed E-state index contributed by atoms with van der Waals surface area (Å²) in [5, 5.41) is 15.4. The SMILES string of the molecule is OCc1[nH]ncc1-c1cccc(F)c1. The molecule has 0 spiro atoms. The molecule has 0 aliphatic rings. The van der Waals surface area contributed by atoms with Crippen molar-refractivity contribution in [2.75, 3.05) is 0 Å². The molecule has 14 heavy (non-hydrogen) atoms. The van der Waals surface area contributed by atoms with Crippen molar-refractivity contribution >= 4 is 0 Å².